The number of hydrogen-bond acceptors (Lipinski definition) is 5. The summed E-state index contributed by atoms with van der Waals surface area (Å²) in [5.41, 5.74) is 1.80. The van der Waals surface area contributed by atoms with Crippen LogP contribution < -0.4 is 0 Å². The Bertz CT molecular complexity index is 492. The average Bonchev–Trinajstić information content (AvgIpc) is 2.67. The van der Waals surface area contributed by atoms with E-state index in [0.717, 1.165) is 15.8 Å². The molecule has 0 saturated heterocycles. The normalized spacial score (nSPS) is 11.6. The van der Waals surface area contributed by atoms with Crippen molar-refractivity contribution in [1.82, 2.24) is 4.98 Å². The molecule has 0 aliphatic rings. The van der Waals surface area contributed by atoms with Crippen molar-refractivity contribution in [1.29, 1.82) is 0 Å². The van der Waals surface area contributed by atoms with Crippen LogP contribution in [0.15, 0.2) is 28.4 Å². The summed E-state index contributed by atoms with van der Waals surface area (Å²) in [7, 11) is 0. The minimum Gasteiger partial charge on any atom is -0.392 e. The smallest absolute Gasteiger partial charge is 0.230 e. The summed E-state index contributed by atoms with van der Waals surface area (Å²) in [5.74, 6) is 0. The Balaban J connectivity index is 2.42. The van der Waals surface area contributed by atoms with Gasteiger partial charge in [-0.2, -0.15) is 5.11 Å². The third kappa shape index (κ3) is 2.19. The molecular weight excluding hydrogens is 210 g/mol. The highest BCUT2D eigenvalue weighted by atomic mass is 32.1. The molecule has 0 amide bonds. The molecule has 1 aromatic carbocycles. The molecule has 0 saturated carbocycles. The van der Waals surface area contributed by atoms with Crippen LogP contribution in [0.3, 0.4) is 0 Å². The van der Waals surface area contributed by atoms with E-state index in [4.69, 9.17) is 5.11 Å². The maximum Gasteiger partial charge on any atom is 0.230 e. The van der Waals surface area contributed by atoms with Crippen molar-refractivity contribution < 1.29 is 5.11 Å². The Kier molecular flexibility index (Phi) is 3.03. The zero-order chi connectivity index (χ0) is 10.7. The van der Waals surface area contributed by atoms with E-state index in [2.05, 4.69) is 15.2 Å². The van der Waals surface area contributed by atoms with Crippen molar-refractivity contribution in [3.8, 4) is 0 Å². The molecular formula is C10H11N3OS. The first kappa shape index (κ1) is 10.2. The summed E-state index contributed by atoms with van der Waals surface area (Å²) in [5, 5.41) is 17.5. The molecule has 0 atom stereocenters. The molecule has 78 valence electrons. The predicted molar refractivity (Wildman–Crippen MR) is 60.6 cm³/mol. The van der Waals surface area contributed by atoms with Crippen molar-refractivity contribution in [3.05, 3.63) is 23.8 Å². The zero-order valence-electron chi connectivity index (χ0n) is 8.34. The van der Waals surface area contributed by atoms with Gasteiger partial charge in [0, 0.05) is 0 Å². The number of thiazole rings is 1. The highest BCUT2D eigenvalue weighted by Gasteiger charge is 2.03. The largest absolute Gasteiger partial charge is 0.392 e. The van der Waals surface area contributed by atoms with Crippen molar-refractivity contribution in [2.24, 2.45) is 10.2 Å². The lowest BCUT2D eigenvalue weighted by atomic mass is 10.2. The fraction of sp³-hybridized carbons (Fsp3) is 0.300. The number of fused-ring (bicyclic) bond motifs is 1. The van der Waals surface area contributed by atoms with Crippen LogP contribution in [-0.2, 0) is 6.61 Å². The Morgan fingerprint density at radius 2 is 2.33 bits per heavy atom. The molecule has 15 heavy (non-hydrogen) atoms. The van der Waals surface area contributed by atoms with Crippen molar-refractivity contribution in [3.63, 3.8) is 0 Å². The lowest BCUT2D eigenvalue weighted by Gasteiger charge is -1.92. The first-order valence-electron chi connectivity index (χ1n) is 4.71. The number of nitrogens with zero attached hydrogens (tertiary/aromatic N) is 3. The van der Waals surface area contributed by atoms with Gasteiger partial charge in [-0.05, 0) is 24.6 Å². The maximum atomic E-state index is 8.99. The average molecular weight is 221 g/mol. The van der Waals surface area contributed by atoms with Gasteiger partial charge in [0.05, 0.1) is 23.4 Å². The summed E-state index contributed by atoms with van der Waals surface area (Å²) in [6.07, 6.45) is 0. The predicted octanol–water partition coefficient (Wildman–Crippen LogP) is 2.89. The zero-order valence-corrected chi connectivity index (χ0v) is 9.16. The molecule has 4 nitrogen and oxygen atoms in total. The number of aliphatic hydroxyl groups is 1. The molecule has 0 radical (unpaired) electrons. The number of rotatable bonds is 3. The van der Waals surface area contributed by atoms with Gasteiger partial charge in [-0.1, -0.05) is 17.4 Å². The standard InChI is InChI=1S/C10H11N3OS/c1-2-11-13-10-12-8-4-3-7(6-14)5-9(8)15-10/h3-5,14H,2,6H2,1H3. The van der Waals surface area contributed by atoms with E-state index in [1.807, 2.05) is 25.1 Å². The molecule has 0 fully saturated rings. The molecule has 1 heterocycles. The minimum atomic E-state index is 0.0552. The van der Waals surface area contributed by atoms with Crippen LogP contribution in [-0.4, -0.2) is 16.6 Å². The topological polar surface area (TPSA) is 57.8 Å². The highest BCUT2D eigenvalue weighted by molar-refractivity contribution is 7.21. The summed E-state index contributed by atoms with van der Waals surface area (Å²) in [6, 6.07) is 5.68. The second-order valence-electron chi connectivity index (χ2n) is 3.01. The fourth-order valence-corrected chi connectivity index (χ4v) is 2.10. The second-order valence-corrected chi connectivity index (χ2v) is 4.02. The van der Waals surface area contributed by atoms with Gasteiger partial charge < -0.3 is 5.11 Å². The molecule has 0 aliphatic carbocycles. The molecule has 1 aromatic heterocycles. The second kappa shape index (κ2) is 4.46. The Hall–Kier alpha value is -1.33. The third-order valence-corrected chi connectivity index (χ3v) is 2.82. The van der Waals surface area contributed by atoms with Gasteiger partial charge in [-0.25, -0.2) is 4.98 Å². The molecule has 2 aromatic rings. The Morgan fingerprint density at radius 1 is 1.47 bits per heavy atom. The van der Waals surface area contributed by atoms with Crippen LogP contribution in [0.2, 0.25) is 0 Å². The number of aromatic nitrogens is 1. The van der Waals surface area contributed by atoms with Crippen molar-refractivity contribution in [2.75, 3.05) is 6.54 Å². The molecule has 0 unspecified atom stereocenters. The molecule has 0 spiro atoms. The van der Waals surface area contributed by atoms with Gasteiger partial charge in [0.25, 0.3) is 0 Å². The van der Waals surface area contributed by atoms with Crippen LogP contribution in [0.5, 0.6) is 0 Å². The quantitative estimate of drug-likeness (QED) is 0.810. The molecule has 1 N–H and O–H groups in total. The number of aliphatic hydroxyl groups excluding tert-OH is 1. The van der Waals surface area contributed by atoms with Gasteiger partial charge >= 0.3 is 0 Å². The molecule has 5 heteroatoms. The lowest BCUT2D eigenvalue weighted by molar-refractivity contribution is 0.282. The first-order chi connectivity index (χ1) is 7.33. The van der Waals surface area contributed by atoms with Crippen LogP contribution in [0.4, 0.5) is 5.13 Å². The van der Waals surface area contributed by atoms with Gasteiger partial charge in [0.1, 0.15) is 0 Å². The summed E-state index contributed by atoms with van der Waals surface area (Å²) in [4.78, 5) is 4.30. The highest BCUT2D eigenvalue weighted by Crippen LogP contribution is 2.28. The van der Waals surface area contributed by atoms with Gasteiger partial charge in [0.2, 0.25) is 5.13 Å². The number of hydrogen-bond donors (Lipinski definition) is 1. The van der Waals surface area contributed by atoms with E-state index in [9.17, 15) is 0 Å². The van der Waals surface area contributed by atoms with Crippen LogP contribution in [0.25, 0.3) is 10.2 Å². The van der Waals surface area contributed by atoms with E-state index in [-0.39, 0.29) is 6.61 Å². The van der Waals surface area contributed by atoms with E-state index in [1.165, 1.54) is 11.3 Å². The first-order valence-corrected chi connectivity index (χ1v) is 5.53. The summed E-state index contributed by atoms with van der Waals surface area (Å²) >= 11 is 1.48. The maximum absolute atomic E-state index is 8.99. The van der Waals surface area contributed by atoms with Crippen LogP contribution in [0.1, 0.15) is 12.5 Å². The van der Waals surface area contributed by atoms with Crippen LogP contribution in [0, 0.1) is 0 Å². The van der Waals surface area contributed by atoms with E-state index < -0.39 is 0 Å². The number of benzene rings is 1. The van der Waals surface area contributed by atoms with Gasteiger partial charge in [0.15, 0.2) is 0 Å². The van der Waals surface area contributed by atoms with E-state index in [0.29, 0.717) is 11.7 Å². The third-order valence-electron chi connectivity index (χ3n) is 1.92. The molecule has 2 rings (SSSR count). The van der Waals surface area contributed by atoms with Gasteiger partial charge in [-0.15, -0.1) is 5.11 Å². The van der Waals surface area contributed by atoms with E-state index in [1.54, 1.807) is 0 Å². The lowest BCUT2D eigenvalue weighted by Crippen LogP contribution is -1.80. The Morgan fingerprint density at radius 3 is 3.07 bits per heavy atom. The fourth-order valence-electron chi connectivity index (χ4n) is 1.23. The monoisotopic (exact) mass is 221 g/mol. The molecule has 0 aliphatic heterocycles. The van der Waals surface area contributed by atoms with Crippen molar-refractivity contribution >= 4 is 26.7 Å². The summed E-state index contributed by atoms with van der Waals surface area (Å²) in [6.45, 7) is 2.65. The summed E-state index contributed by atoms with van der Waals surface area (Å²) < 4.78 is 1.03. The number of azo groups is 1. The van der Waals surface area contributed by atoms with E-state index >= 15 is 0 Å². The Labute approximate surface area is 91.3 Å². The van der Waals surface area contributed by atoms with Crippen LogP contribution >= 0.6 is 11.3 Å². The SMILES string of the molecule is CCN=Nc1nc2ccc(CO)cc2s1. The van der Waals surface area contributed by atoms with Crippen molar-refractivity contribution in [2.45, 2.75) is 13.5 Å². The molecule has 0 bridgehead atoms. The van der Waals surface area contributed by atoms with Gasteiger partial charge in [-0.3, -0.25) is 0 Å². The minimum absolute atomic E-state index is 0.0552.